The Morgan fingerprint density at radius 1 is 1.19 bits per heavy atom. The molecule has 7 nitrogen and oxygen atoms in total. The molecule has 1 aliphatic carbocycles. The second-order valence-corrected chi connectivity index (χ2v) is 9.69. The first-order chi connectivity index (χ1) is 15.7. The summed E-state index contributed by atoms with van der Waals surface area (Å²) in [7, 11) is 3.17. The maximum absolute atomic E-state index is 12.7. The van der Waals surface area contributed by atoms with Crippen LogP contribution in [0.2, 0.25) is 0 Å². The molecular weight excluding hydrogens is 444 g/mol. The van der Waals surface area contributed by atoms with E-state index in [-0.39, 0.29) is 11.7 Å². The van der Waals surface area contributed by atoms with Crippen LogP contribution in [0.5, 0.6) is 11.5 Å². The van der Waals surface area contributed by atoms with Crippen LogP contribution in [0.4, 0.5) is 5.69 Å². The van der Waals surface area contributed by atoms with E-state index in [1.54, 1.807) is 43.8 Å². The Balaban J connectivity index is 1.48. The minimum absolute atomic E-state index is 0.125. The minimum Gasteiger partial charge on any atom is -0.497 e. The quantitative estimate of drug-likeness (QED) is 0.432. The molecule has 4 rings (SSSR count). The van der Waals surface area contributed by atoms with E-state index in [0.717, 1.165) is 30.2 Å². The summed E-state index contributed by atoms with van der Waals surface area (Å²) in [4.78, 5) is 14.0. The topological polar surface area (TPSA) is 78.3 Å². The standard InChI is InChI=1S/C23H28N4O3S2/c1-29-17-10-11-20(30-2)19(13-17)24-22(28)15-32-23-26-25-21(14-18-9-6-12-31-18)27(23)16-7-4-3-5-8-16/h6,9-13,16H,3-5,7-8,14-15H2,1-2H3,(H,24,28). The van der Waals surface area contributed by atoms with E-state index in [9.17, 15) is 4.79 Å². The van der Waals surface area contributed by atoms with Crippen molar-refractivity contribution < 1.29 is 14.3 Å². The molecule has 1 aromatic carbocycles. The molecule has 0 saturated heterocycles. The largest absolute Gasteiger partial charge is 0.497 e. The smallest absolute Gasteiger partial charge is 0.234 e. The fraction of sp³-hybridized carbons (Fsp3) is 0.435. The Bertz CT molecular complexity index is 1030. The van der Waals surface area contributed by atoms with Gasteiger partial charge in [0.2, 0.25) is 5.91 Å². The number of carbonyl (C=O) groups excluding carboxylic acids is 1. The van der Waals surface area contributed by atoms with E-state index in [1.165, 1.54) is 35.9 Å². The summed E-state index contributed by atoms with van der Waals surface area (Å²) >= 11 is 3.17. The highest BCUT2D eigenvalue weighted by Gasteiger charge is 2.24. The van der Waals surface area contributed by atoms with E-state index < -0.39 is 0 Å². The van der Waals surface area contributed by atoms with Gasteiger partial charge in [-0.3, -0.25) is 4.79 Å². The summed E-state index contributed by atoms with van der Waals surface area (Å²) in [6, 6.07) is 9.92. The Morgan fingerprint density at radius 3 is 2.75 bits per heavy atom. The summed E-state index contributed by atoms with van der Waals surface area (Å²) in [6.07, 6.45) is 6.77. The van der Waals surface area contributed by atoms with E-state index in [1.807, 2.05) is 0 Å². The van der Waals surface area contributed by atoms with Crippen molar-refractivity contribution in [3.63, 3.8) is 0 Å². The molecule has 1 aliphatic rings. The fourth-order valence-corrected chi connectivity index (χ4v) is 5.56. The number of thioether (sulfide) groups is 1. The third-order valence-corrected chi connectivity index (χ3v) is 7.42. The number of nitrogens with one attached hydrogen (secondary N) is 1. The third-order valence-electron chi connectivity index (χ3n) is 5.60. The van der Waals surface area contributed by atoms with Gasteiger partial charge < -0.3 is 19.4 Å². The number of amides is 1. The maximum atomic E-state index is 12.7. The van der Waals surface area contributed by atoms with E-state index in [2.05, 4.69) is 37.6 Å². The van der Waals surface area contributed by atoms with Crippen LogP contribution < -0.4 is 14.8 Å². The van der Waals surface area contributed by atoms with Crippen molar-refractivity contribution >= 4 is 34.7 Å². The molecule has 9 heteroatoms. The zero-order chi connectivity index (χ0) is 22.3. The summed E-state index contributed by atoms with van der Waals surface area (Å²) < 4.78 is 12.9. The number of benzene rings is 1. The molecule has 1 amide bonds. The number of anilines is 1. The Kier molecular flexibility index (Phi) is 7.70. The number of carbonyl (C=O) groups is 1. The molecule has 1 fully saturated rings. The van der Waals surface area contributed by atoms with Gasteiger partial charge in [0.25, 0.3) is 0 Å². The molecule has 2 aromatic heterocycles. The van der Waals surface area contributed by atoms with E-state index in [0.29, 0.717) is 23.2 Å². The van der Waals surface area contributed by atoms with Crippen molar-refractivity contribution in [2.75, 3.05) is 25.3 Å². The van der Waals surface area contributed by atoms with Crippen LogP contribution in [0.25, 0.3) is 0 Å². The molecule has 32 heavy (non-hydrogen) atoms. The fourth-order valence-electron chi connectivity index (χ4n) is 4.03. The summed E-state index contributed by atoms with van der Waals surface area (Å²) in [6.45, 7) is 0. The lowest BCUT2D eigenvalue weighted by Crippen LogP contribution is -2.18. The van der Waals surface area contributed by atoms with Gasteiger partial charge in [-0.1, -0.05) is 37.1 Å². The summed E-state index contributed by atoms with van der Waals surface area (Å²) in [5.41, 5.74) is 0.588. The second kappa shape index (κ2) is 10.9. The Labute approximate surface area is 196 Å². The van der Waals surface area contributed by atoms with Crippen molar-refractivity contribution in [1.29, 1.82) is 0 Å². The van der Waals surface area contributed by atoms with E-state index in [4.69, 9.17) is 9.47 Å². The molecule has 170 valence electrons. The predicted molar refractivity (Wildman–Crippen MR) is 128 cm³/mol. The molecule has 0 bridgehead atoms. The van der Waals surface area contributed by atoms with Crippen LogP contribution in [0, 0.1) is 0 Å². The first-order valence-electron chi connectivity index (χ1n) is 10.8. The molecule has 0 aliphatic heterocycles. The number of hydrogen-bond acceptors (Lipinski definition) is 7. The maximum Gasteiger partial charge on any atom is 0.234 e. The van der Waals surface area contributed by atoms with Gasteiger partial charge in [0.05, 0.1) is 25.7 Å². The lowest BCUT2D eigenvalue weighted by Gasteiger charge is -2.25. The van der Waals surface area contributed by atoms with Gasteiger partial charge in [0.15, 0.2) is 5.16 Å². The normalized spacial score (nSPS) is 14.3. The van der Waals surface area contributed by atoms with Crippen LogP contribution in [0.15, 0.2) is 40.9 Å². The lowest BCUT2D eigenvalue weighted by molar-refractivity contribution is -0.113. The monoisotopic (exact) mass is 472 g/mol. The SMILES string of the molecule is COc1ccc(OC)c(NC(=O)CSc2nnc(Cc3cccs3)n2C2CCCCC2)c1. The van der Waals surface area contributed by atoms with Gasteiger partial charge in [-0.05, 0) is 36.4 Å². The molecule has 3 aromatic rings. The molecule has 1 N–H and O–H groups in total. The highest BCUT2D eigenvalue weighted by Crippen LogP contribution is 2.34. The zero-order valence-electron chi connectivity index (χ0n) is 18.4. The van der Waals surface area contributed by atoms with Crippen LogP contribution in [0.1, 0.15) is 48.8 Å². The molecule has 2 heterocycles. The van der Waals surface area contributed by atoms with Gasteiger partial charge in [-0.25, -0.2) is 0 Å². The van der Waals surface area contributed by atoms with Crippen molar-refractivity contribution in [3.05, 3.63) is 46.4 Å². The molecular formula is C23H28N4O3S2. The van der Waals surface area contributed by atoms with Crippen molar-refractivity contribution in [3.8, 4) is 11.5 Å². The van der Waals surface area contributed by atoms with Gasteiger partial charge >= 0.3 is 0 Å². The number of hydrogen-bond donors (Lipinski definition) is 1. The van der Waals surface area contributed by atoms with Gasteiger partial charge in [0.1, 0.15) is 17.3 Å². The van der Waals surface area contributed by atoms with Crippen molar-refractivity contribution in [1.82, 2.24) is 14.8 Å². The molecule has 1 saturated carbocycles. The molecule has 0 spiro atoms. The third kappa shape index (κ3) is 5.45. The first-order valence-corrected chi connectivity index (χ1v) is 12.6. The number of ether oxygens (including phenoxy) is 2. The lowest BCUT2D eigenvalue weighted by atomic mass is 9.95. The second-order valence-electron chi connectivity index (χ2n) is 7.72. The van der Waals surface area contributed by atoms with Crippen LogP contribution >= 0.6 is 23.1 Å². The highest BCUT2D eigenvalue weighted by molar-refractivity contribution is 7.99. The van der Waals surface area contributed by atoms with Crippen LogP contribution in [0.3, 0.4) is 0 Å². The number of thiophene rings is 1. The molecule has 0 radical (unpaired) electrons. The first kappa shape index (κ1) is 22.7. The minimum atomic E-state index is -0.125. The average molecular weight is 473 g/mol. The van der Waals surface area contributed by atoms with Gasteiger partial charge in [-0.15, -0.1) is 21.5 Å². The van der Waals surface area contributed by atoms with Gasteiger partial charge in [-0.2, -0.15) is 0 Å². The predicted octanol–water partition coefficient (Wildman–Crippen LogP) is 5.18. The summed E-state index contributed by atoms with van der Waals surface area (Å²) in [5.74, 6) is 2.34. The Morgan fingerprint density at radius 2 is 2.03 bits per heavy atom. The number of rotatable bonds is 9. The van der Waals surface area contributed by atoms with Crippen molar-refractivity contribution in [2.24, 2.45) is 0 Å². The van der Waals surface area contributed by atoms with Crippen LogP contribution in [-0.2, 0) is 11.2 Å². The highest BCUT2D eigenvalue weighted by atomic mass is 32.2. The average Bonchev–Trinajstić information content (AvgIpc) is 3.48. The number of aromatic nitrogens is 3. The van der Waals surface area contributed by atoms with Crippen LogP contribution in [-0.4, -0.2) is 40.6 Å². The number of methoxy groups -OCH3 is 2. The zero-order valence-corrected chi connectivity index (χ0v) is 20.0. The van der Waals surface area contributed by atoms with Crippen molar-refractivity contribution in [2.45, 2.75) is 49.7 Å². The number of nitrogens with zero attached hydrogens (tertiary/aromatic N) is 3. The van der Waals surface area contributed by atoms with Gasteiger partial charge in [0, 0.05) is 23.4 Å². The molecule has 0 unspecified atom stereocenters. The van der Waals surface area contributed by atoms with E-state index >= 15 is 0 Å². The Hall–Kier alpha value is -2.52. The summed E-state index contributed by atoms with van der Waals surface area (Å²) in [5, 5.41) is 14.8. The molecule has 0 atom stereocenters.